The van der Waals surface area contributed by atoms with Crippen LogP contribution in [0.4, 0.5) is 4.79 Å². The van der Waals surface area contributed by atoms with Crippen molar-refractivity contribution in [3.63, 3.8) is 0 Å². The number of nitrogens with two attached hydrogens (primary N) is 5. The van der Waals surface area contributed by atoms with Crippen LogP contribution >= 0.6 is 0 Å². The molecule has 0 unspecified atom stereocenters. The summed E-state index contributed by atoms with van der Waals surface area (Å²) in [5, 5.41) is 16.1. The van der Waals surface area contributed by atoms with Crippen molar-refractivity contribution in [2.45, 2.75) is 75.2 Å². The molecule has 0 aliphatic rings. The van der Waals surface area contributed by atoms with Gasteiger partial charge in [-0.25, -0.2) is 9.78 Å². The van der Waals surface area contributed by atoms with Crippen molar-refractivity contribution in [3.05, 3.63) is 90.1 Å². The highest BCUT2D eigenvalue weighted by atomic mass is 16.2. The molecule has 2 aromatic carbocycles. The second-order valence-electron chi connectivity index (χ2n) is 14.5. The summed E-state index contributed by atoms with van der Waals surface area (Å²) in [6, 6.07) is 8.18. The lowest BCUT2D eigenvalue weighted by molar-refractivity contribution is -0.135. The maximum Gasteiger partial charge on any atom is 0.312 e. The zero-order valence-corrected chi connectivity index (χ0v) is 34.2. The molecule has 0 bridgehead atoms. The quantitative estimate of drug-likeness (QED) is 0.0179. The number of amides is 9. The van der Waals surface area contributed by atoms with Crippen LogP contribution < -0.4 is 60.6 Å². The van der Waals surface area contributed by atoms with E-state index >= 15 is 0 Å². The minimum absolute atomic E-state index is 0.0243. The van der Waals surface area contributed by atoms with Gasteiger partial charge in [-0.15, -0.1) is 0 Å². The number of nitrogens with one attached hydrogen (secondary N) is 8. The average Bonchev–Trinajstić information content (AvgIpc) is 3.91. The van der Waals surface area contributed by atoms with Crippen LogP contribution in [0.5, 0.6) is 0 Å². The predicted molar refractivity (Wildman–Crippen MR) is 229 cm³/mol. The Morgan fingerprint density at radius 3 is 1.81 bits per heavy atom. The molecule has 0 aliphatic carbocycles. The first-order valence-electron chi connectivity index (χ1n) is 19.8. The van der Waals surface area contributed by atoms with Crippen LogP contribution in [0.2, 0.25) is 0 Å². The van der Waals surface area contributed by atoms with Crippen molar-refractivity contribution in [1.29, 1.82) is 0 Å². The van der Waals surface area contributed by atoms with E-state index in [0.717, 1.165) is 10.9 Å². The van der Waals surface area contributed by atoms with Crippen LogP contribution in [-0.4, -0.2) is 112 Å². The molecule has 4 rings (SSSR count). The maximum atomic E-state index is 14.4. The maximum absolute atomic E-state index is 14.4. The smallest absolute Gasteiger partial charge is 0.312 e. The summed E-state index contributed by atoms with van der Waals surface area (Å²) in [5.41, 5.74) is 29.3. The summed E-state index contributed by atoms with van der Waals surface area (Å²) < 4.78 is 0. The van der Waals surface area contributed by atoms with Gasteiger partial charge in [0, 0.05) is 61.2 Å². The molecule has 9 amide bonds. The lowest BCUT2D eigenvalue weighted by atomic mass is 10.0. The Morgan fingerprint density at radius 2 is 1.21 bits per heavy atom. The van der Waals surface area contributed by atoms with Gasteiger partial charge in [-0.05, 0) is 36.5 Å². The van der Waals surface area contributed by atoms with E-state index in [0.29, 0.717) is 16.8 Å². The van der Waals surface area contributed by atoms with Gasteiger partial charge in [-0.3, -0.25) is 38.6 Å². The Hall–Kier alpha value is -7.98. The number of benzene rings is 2. The number of para-hydroxylation sites is 1. The Morgan fingerprint density at radius 1 is 0.619 bits per heavy atom. The molecular weight excluding hydrogens is 819 g/mol. The number of rotatable bonds is 25. The second-order valence-corrected chi connectivity index (χ2v) is 14.5. The van der Waals surface area contributed by atoms with Crippen LogP contribution in [-0.2, 0) is 52.8 Å². The molecule has 0 spiro atoms. The summed E-state index contributed by atoms with van der Waals surface area (Å²) in [6.07, 6.45) is 3.79. The molecule has 0 aliphatic heterocycles. The van der Waals surface area contributed by atoms with Gasteiger partial charge in [-0.2, -0.15) is 0 Å². The number of nitrogens with zero attached hydrogens (tertiary/aromatic N) is 2. The molecule has 5 atom stereocenters. The van der Waals surface area contributed by atoms with Crippen molar-refractivity contribution < 1.29 is 38.4 Å². The molecule has 2 aromatic heterocycles. The van der Waals surface area contributed by atoms with Crippen molar-refractivity contribution in [2.75, 3.05) is 13.1 Å². The van der Waals surface area contributed by atoms with Gasteiger partial charge in [-0.1, -0.05) is 48.5 Å². The van der Waals surface area contributed by atoms with E-state index in [1.165, 1.54) is 12.5 Å². The molecule has 0 radical (unpaired) electrons. The van der Waals surface area contributed by atoms with Gasteiger partial charge in [0.15, 0.2) is 5.96 Å². The monoisotopic (exact) mass is 871 g/mol. The number of aliphatic imine (C=N–C) groups is 1. The number of hydrogen-bond donors (Lipinski definition) is 13. The minimum Gasteiger partial charge on any atom is -0.370 e. The van der Waals surface area contributed by atoms with Gasteiger partial charge < -0.3 is 70.5 Å². The fourth-order valence-electron chi connectivity index (χ4n) is 6.50. The van der Waals surface area contributed by atoms with Crippen molar-refractivity contribution in [2.24, 2.45) is 33.7 Å². The van der Waals surface area contributed by atoms with Crippen molar-refractivity contribution >= 4 is 64.2 Å². The third kappa shape index (κ3) is 15.9. The zero-order chi connectivity index (χ0) is 45.9. The number of H-pyrrole nitrogens is 2. The fraction of sp³-hybridized carbons (Fsp3) is 0.350. The largest absolute Gasteiger partial charge is 0.370 e. The molecular formula is C40H53N15O8. The van der Waals surface area contributed by atoms with Gasteiger partial charge in [0.05, 0.1) is 12.9 Å². The summed E-state index contributed by atoms with van der Waals surface area (Å²) in [6.45, 7) is -0.430. The minimum atomic E-state index is -1.39. The first-order valence-corrected chi connectivity index (χ1v) is 19.8. The highest BCUT2D eigenvalue weighted by Gasteiger charge is 2.33. The second kappa shape index (κ2) is 23.7. The Balaban J connectivity index is 1.63. The molecule has 18 N–H and O–H groups in total. The van der Waals surface area contributed by atoms with Crippen LogP contribution in [0.3, 0.4) is 0 Å². The lowest BCUT2D eigenvalue weighted by Crippen LogP contribution is -2.60. The number of imidazole rings is 1. The van der Waals surface area contributed by atoms with E-state index in [2.05, 4.69) is 51.8 Å². The van der Waals surface area contributed by atoms with E-state index in [9.17, 15) is 38.4 Å². The van der Waals surface area contributed by atoms with Gasteiger partial charge in [0.2, 0.25) is 41.4 Å². The Kier molecular flexibility index (Phi) is 18.0. The van der Waals surface area contributed by atoms with Crippen LogP contribution in [0.15, 0.2) is 78.3 Å². The number of aromatic amines is 2. The number of urea groups is 1. The van der Waals surface area contributed by atoms with Crippen LogP contribution in [0, 0.1) is 0 Å². The Bertz CT molecular complexity index is 2240. The molecule has 0 saturated heterocycles. The Labute approximate surface area is 360 Å². The molecule has 2 heterocycles. The van der Waals surface area contributed by atoms with E-state index in [4.69, 9.17) is 28.7 Å². The lowest BCUT2D eigenvalue weighted by Gasteiger charge is -2.27. The summed E-state index contributed by atoms with van der Waals surface area (Å²) in [7, 11) is 0. The van der Waals surface area contributed by atoms with E-state index in [1.807, 2.05) is 24.3 Å². The normalized spacial score (nSPS) is 13.2. The SMILES string of the molecule is NC(=O)CC[C@H](NC(N)=O)C(=O)N[C@@H](Cc1cnc[nH]1)C(=O)N[C@H](Cc1ccccc1)C(=O)N[C@@H](CCCN=C(N)N)C(=O)N[C@H](Cc1c[nH]c2ccccc12)C(=O)NCC(N)=O. The molecule has 23 heteroatoms. The third-order valence-electron chi connectivity index (χ3n) is 9.59. The predicted octanol–water partition coefficient (Wildman–Crippen LogP) is -3.18. The summed E-state index contributed by atoms with van der Waals surface area (Å²) >= 11 is 0. The number of carbonyl (C=O) groups is 8. The highest BCUT2D eigenvalue weighted by molar-refractivity contribution is 5.97. The van der Waals surface area contributed by atoms with Crippen molar-refractivity contribution in [3.8, 4) is 0 Å². The van der Waals surface area contributed by atoms with E-state index < -0.39 is 84.1 Å². The fourth-order valence-corrected chi connectivity index (χ4v) is 6.50. The first kappa shape index (κ1) is 47.7. The molecule has 23 nitrogen and oxygen atoms in total. The summed E-state index contributed by atoms with van der Waals surface area (Å²) in [4.78, 5) is 118. The molecule has 336 valence electrons. The van der Waals surface area contributed by atoms with Gasteiger partial charge >= 0.3 is 6.03 Å². The molecule has 63 heavy (non-hydrogen) atoms. The topological polar surface area (TPSA) is 396 Å². The van der Waals surface area contributed by atoms with Gasteiger partial charge in [0.25, 0.3) is 0 Å². The summed E-state index contributed by atoms with van der Waals surface area (Å²) in [5.74, 6) is -5.81. The van der Waals surface area contributed by atoms with Gasteiger partial charge in [0.1, 0.15) is 30.2 Å². The standard InChI is InChI=1S/C40H53N15O8/c41-32(56)13-12-28(55-40(45)63)36(60)54-31(17-24-19-46-21-50-24)38(62)52-29(15-22-7-2-1-3-8-22)37(61)51-27(11-6-14-47-39(43)44)35(59)53-30(34(58)49-20-33(42)57)16-23-18-48-26-10-5-4-9-25(23)26/h1-5,7-10,18-19,21,27-31,48H,6,11-17,20H2,(H2,41,56)(H2,42,57)(H,46,50)(H,49,58)(H,51,61)(H,52,62)(H,53,59)(H,54,60)(H4,43,44,47)(H3,45,55,63)/t27-,28-,29+,30+,31-/m0/s1. The molecule has 0 fully saturated rings. The number of carbonyl (C=O) groups excluding carboxylic acids is 8. The third-order valence-corrected chi connectivity index (χ3v) is 9.59. The molecule has 0 saturated carbocycles. The highest BCUT2D eigenvalue weighted by Crippen LogP contribution is 2.19. The first-order chi connectivity index (χ1) is 30.1. The molecule has 4 aromatic rings. The average molecular weight is 872 g/mol. The number of guanidine groups is 1. The van der Waals surface area contributed by atoms with Crippen LogP contribution in [0.1, 0.15) is 42.5 Å². The van der Waals surface area contributed by atoms with Crippen molar-refractivity contribution in [1.82, 2.24) is 46.9 Å². The van der Waals surface area contributed by atoms with E-state index in [1.54, 1.807) is 36.5 Å². The number of fused-ring (bicyclic) bond motifs is 1. The zero-order valence-electron chi connectivity index (χ0n) is 34.2. The number of hydrogen-bond acceptors (Lipinski definition) is 10. The van der Waals surface area contributed by atoms with E-state index in [-0.39, 0.29) is 57.5 Å². The number of primary amides is 3. The number of aromatic nitrogens is 3. The van der Waals surface area contributed by atoms with Crippen LogP contribution in [0.25, 0.3) is 10.9 Å².